The molecule has 1 heterocycles. The summed E-state index contributed by atoms with van der Waals surface area (Å²) in [6.45, 7) is 0. The predicted molar refractivity (Wildman–Crippen MR) is 191 cm³/mol. The highest BCUT2D eigenvalue weighted by molar-refractivity contribution is 6.08. The fourth-order valence-electron chi connectivity index (χ4n) is 5.01. The molecule has 0 unspecified atom stereocenters. The number of benzene rings is 6. The first-order valence-corrected chi connectivity index (χ1v) is 14.1. The molecular formula is C40H37N3O4. The number of hydrogen-bond acceptors (Lipinski definition) is 7. The van der Waals surface area contributed by atoms with Gasteiger partial charge in [-0.15, -0.1) is 0 Å². The van der Waals surface area contributed by atoms with Crippen LogP contribution in [-0.4, -0.2) is 24.0 Å². The van der Waals surface area contributed by atoms with Crippen molar-refractivity contribution in [1.29, 1.82) is 5.26 Å². The number of Topliss-reactive ketones (excluding diaryl/α,β-unsaturated/α-hetero) is 1. The number of aromatic nitrogens is 1. The maximum atomic E-state index is 11.6. The van der Waals surface area contributed by atoms with E-state index in [1.165, 1.54) is 12.5 Å². The number of nitrogens with two attached hydrogens (primary N) is 1. The van der Waals surface area contributed by atoms with E-state index < -0.39 is 0 Å². The highest BCUT2D eigenvalue weighted by Gasteiger charge is 2.10. The van der Waals surface area contributed by atoms with Gasteiger partial charge < -0.3 is 15.0 Å². The summed E-state index contributed by atoms with van der Waals surface area (Å²) in [5.74, 6) is 0.702. The molecule has 7 aromatic rings. The van der Waals surface area contributed by atoms with Gasteiger partial charge in [0.1, 0.15) is 0 Å². The van der Waals surface area contributed by atoms with E-state index in [1.807, 2.05) is 103 Å². The number of anilines is 1. The Bertz CT molecular complexity index is 2150. The minimum Gasteiger partial charge on any atom is -0.465 e. The summed E-state index contributed by atoms with van der Waals surface area (Å²) in [5.41, 5.74) is 7.82. The third kappa shape index (κ3) is 8.27. The first kappa shape index (κ1) is 35.2. The number of nitriles is 1. The Labute approximate surface area is 274 Å². The third-order valence-electron chi connectivity index (χ3n) is 7.11. The van der Waals surface area contributed by atoms with Crippen molar-refractivity contribution in [3.8, 4) is 17.4 Å². The minimum atomic E-state index is -0.290. The molecule has 0 aliphatic rings. The quantitative estimate of drug-likeness (QED) is 0.153. The molecule has 0 aliphatic carbocycles. The van der Waals surface area contributed by atoms with Crippen LogP contribution in [-0.2, 0) is 4.74 Å². The van der Waals surface area contributed by atoms with Crippen molar-refractivity contribution in [2.24, 2.45) is 0 Å². The molecule has 2 N–H and O–H groups in total. The zero-order valence-electron chi connectivity index (χ0n) is 24.5. The highest BCUT2D eigenvalue weighted by atomic mass is 16.5. The molecule has 0 aliphatic heterocycles. The monoisotopic (exact) mass is 623 g/mol. The summed E-state index contributed by atoms with van der Waals surface area (Å²) in [6, 6.07) is 44.4. The molecular weight excluding hydrogens is 586 g/mol. The Balaban J connectivity index is 0.000000188. The lowest BCUT2D eigenvalue weighted by molar-refractivity contribution is 0.0603. The normalized spacial score (nSPS) is 9.79. The lowest BCUT2D eigenvalue weighted by Gasteiger charge is -2.03. The Morgan fingerprint density at radius 2 is 1.17 bits per heavy atom. The van der Waals surface area contributed by atoms with E-state index >= 15 is 0 Å². The van der Waals surface area contributed by atoms with E-state index in [1.54, 1.807) is 18.2 Å². The Morgan fingerprint density at radius 1 is 0.702 bits per heavy atom. The van der Waals surface area contributed by atoms with Gasteiger partial charge in [0.25, 0.3) is 0 Å². The van der Waals surface area contributed by atoms with Gasteiger partial charge in [0, 0.05) is 17.2 Å². The number of carbonyl (C=O) groups is 2. The molecule has 0 saturated carbocycles. The standard InChI is InChI=1S/C13H10N2O.C13H9NO.C12H10O2.2CH4/c14-13-8-12(16-15-13)11-7-3-5-9-4-1-2-6-10(9)11;14-9-8-13(15)12-7-3-5-10-4-1-2-6-11(10)12;1-14-12(13)11-8-4-6-9-5-2-3-7-10(9)11;;/h1-8H,(H2,14,15);1-7H,8H2;2-8H,1H3;2*1H4. The number of carbonyl (C=O) groups excluding carboxylic acids is 2. The van der Waals surface area contributed by atoms with Crippen LogP contribution in [0.25, 0.3) is 43.6 Å². The van der Waals surface area contributed by atoms with Crippen LogP contribution in [0.3, 0.4) is 0 Å². The van der Waals surface area contributed by atoms with Crippen LogP contribution in [0, 0.1) is 11.3 Å². The van der Waals surface area contributed by atoms with Gasteiger partial charge in [-0.2, -0.15) is 5.26 Å². The number of methoxy groups -OCH3 is 1. The predicted octanol–water partition coefficient (Wildman–Crippen LogP) is 9.91. The molecule has 0 saturated heterocycles. The maximum absolute atomic E-state index is 11.6. The molecule has 47 heavy (non-hydrogen) atoms. The van der Waals surface area contributed by atoms with Gasteiger partial charge in [-0.25, -0.2) is 4.79 Å². The maximum Gasteiger partial charge on any atom is 0.338 e. The smallest absolute Gasteiger partial charge is 0.338 e. The van der Waals surface area contributed by atoms with Crippen molar-refractivity contribution in [3.63, 3.8) is 0 Å². The number of ether oxygens (including phenoxy) is 1. The SMILES string of the molecule is C.C.COC(=O)c1cccc2ccccc12.N#CCC(=O)c1cccc2ccccc12.Nc1cc(-c2cccc3ccccc23)on1. The zero-order chi connectivity index (χ0) is 31.6. The van der Waals surface area contributed by atoms with Gasteiger partial charge in [0.05, 0.1) is 25.2 Å². The summed E-state index contributed by atoms with van der Waals surface area (Å²) in [4.78, 5) is 23.0. The van der Waals surface area contributed by atoms with Crippen LogP contribution < -0.4 is 5.73 Å². The molecule has 1 aromatic heterocycles. The molecule has 7 rings (SSSR count). The van der Waals surface area contributed by atoms with Gasteiger partial charge in [-0.3, -0.25) is 4.79 Å². The van der Waals surface area contributed by atoms with Crippen molar-refractivity contribution in [2.75, 3.05) is 12.8 Å². The summed E-state index contributed by atoms with van der Waals surface area (Å²) in [7, 11) is 1.39. The van der Waals surface area contributed by atoms with Gasteiger partial charge in [-0.1, -0.05) is 141 Å². The third-order valence-corrected chi connectivity index (χ3v) is 7.11. The minimum absolute atomic E-state index is 0. The first-order chi connectivity index (χ1) is 22.0. The van der Waals surface area contributed by atoms with Gasteiger partial charge in [0.15, 0.2) is 17.4 Å². The average molecular weight is 624 g/mol. The van der Waals surface area contributed by atoms with Crippen LogP contribution in [0.5, 0.6) is 0 Å². The van der Waals surface area contributed by atoms with Crippen LogP contribution >= 0.6 is 0 Å². The molecule has 0 atom stereocenters. The molecule has 0 fully saturated rings. The van der Waals surface area contributed by atoms with E-state index in [2.05, 4.69) is 23.4 Å². The number of hydrogen-bond donors (Lipinski definition) is 1. The number of ketones is 1. The van der Waals surface area contributed by atoms with Crippen molar-refractivity contribution in [1.82, 2.24) is 5.16 Å². The van der Waals surface area contributed by atoms with Crippen molar-refractivity contribution in [3.05, 3.63) is 145 Å². The molecule has 7 heteroatoms. The zero-order valence-corrected chi connectivity index (χ0v) is 24.5. The van der Waals surface area contributed by atoms with Gasteiger partial charge >= 0.3 is 5.97 Å². The van der Waals surface area contributed by atoms with Crippen LogP contribution in [0.15, 0.2) is 138 Å². The van der Waals surface area contributed by atoms with Crippen molar-refractivity contribution >= 4 is 49.9 Å². The summed E-state index contributed by atoms with van der Waals surface area (Å²) >= 11 is 0. The Morgan fingerprint density at radius 3 is 1.70 bits per heavy atom. The second kappa shape index (κ2) is 16.7. The molecule has 7 nitrogen and oxygen atoms in total. The molecule has 236 valence electrons. The molecule has 0 radical (unpaired) electrons. The second-order valence-corrected chi connectivity index (χ2v) is 9.95. The Hall–Kier alpha value is -6.26. The van der Waals surface area contributed by atoms with Crippen LogP contribution in [0.2, 0.25) is 0 Å². The number of nitrogen functional groups attached to an aromatic ring is 1. The fraction of sp³-hybridized carbons (Fsp3) is 0.100. The molecule has 6 aromatic carbocycles. The van der Waals surface area contributed by atoms with E-state index in [0.29, 0.717) is 22.7 Å². The number of nitrogens with zero attached hydrogens (tertiary/aromatic N) is 2. The lowest BCUT2D eigenvalue weighted by Crippen LogP contribution is -2.01. The van der Waals surface area contributed by atoms with Gasteiger partial charge in [-0.05, 0) is 38.4 Å². The van der Waals surface area contributed by atoms with E-state index in [9.17, 15) is 9.59 Å². The average Bonchev–Trinajstić information content (AvgIpc) is 3.53. The Kier molecular flexibility index (Phi) is 12.5. The molecule has 0 amide bonds. The van der Waals surface area contributed by atoms with E-state index in [-0.39, 0.29) is 33.0 Å². The number of rotatable bonds is 4. The van der Waals surface area contributed by atoms with Crippen molar-refractivity contribution in [2.45, 2.75) is 21.3 Å². The van der Waals surface area contributed by atoms with Crippen LogP contribution in [0.4, 0.5) is 5.82 Å². The van der Waals surface area contributed by atoms with E-state index in [4.69, 9.17) is 20.3 Å². The summed E-state index contributed by atoms with van der Waals surface area (Å²) in [5, 5.41) is 18.4. The van der Waals surface area contributed by atoms with Crippen LogP contribution in [0.1, 0.15) is 42.0 Å². The fourth-order valence-corrected chi connectivity index (χ4v) is 5.01. The van der Waals surface area contributed by atoms with Gasteiger partial charge in [0.2, 0.25) is 0 Å². The first-order valence-electron chi connectivity index (χ1n) is 14.1. The largest absolute Gasteiger partial charge is 0.465 e. The molecule has 0 bridgehead atoms. The summed E-state index contributed by atoms with van der Waals surface area (Å²) in [6.07, 6.45) is -0.0615. The number of esters is 1. The van der Waals surface area contributed by atoms with E-state index in [0.717, 1.165) is 32.5 Å². The summed E-state index contributed by atoms with van der Waals surface area (Å²) < 4.78 is 9.89. The lowest BCUT2D eigenvalue weighted by atomic mass is 10.0. The number of fused-ring (bicyclic) bond motifs is 3. The topological polar surface area (TPSA) is 119 Å². The molecule has 0 spiro atoms. The van der Waals surface area contributed by atoms with Crippen molar-refractivity contribution < 1.29 is 18.8 Å². The second-order valence-electron chi connectivity index (χ2n) is 9.95. The highest BCUT2D eigenvalue weighted by Crippen LogP contribution is 2.29.